The Bertz CT molecular complexity index is 903. The van der Waals surface area contributed by atoms with E-state index in [1.807, 2.05) is 96.3 Å². The largest absolute Gasteiger partial charge is 0.458 e. The van der Waals surface area contributed by atoms with Crippen LogP contribution in [0.2, 0.25) is 0 Å². The molecule has 0 N–H and O–H groups in total. The van der Waals surface area contributed by atoms with Crippen LogP contribution in [-0.4, -0.2) is 53.9 Å². The fourth-order valence-electron chi connectivity index (χ4n) is 4.67. The number of esters is 1. The Balaban J connectivity index is 1.72. The summed E-state index contributed by atoms with van der Waals surface area (Å²) in [5.41, 5.74) is 0.973. The monoisotopic (exact) mass is 513 g/mol. The molecule has 3 rings (SSSR count). The van der Waals surface area contributed by atoms with Crippen LogP contribution in [0.1, 0.15) is 63.5 Å². The first-order valence-corrected chi connectivity index (χ1v) is 14.9. The second-order valence-corrected chi connectivity index (χ2v) is 13.1. The fourth-order valence-corrected chi connectivity index (χ4v) is 7.97. The maximum absolute atomic E-state index is 14.0. The highest BCUT2D eigenvalue weighted by Crippen LogP contribution is 2.49. The summed E-state index contributed by atoms with van der Waals surface area (Å²) in [4.78, 5) is 28.7. The van der Waals surface area contributed by atoms with E-state index in [0.29, 0.717) is 17.6 Å². The van der Waals surface area contributed by atoms with Crippen molar-refractivity contribution in [1.29, 1.82) is 0 Å². The van der Waals surface area contributed by atoms with E-state index < -0.39 is 5.41 Å². The van der Waals surface area contributed by atoms with Gasteiger partial charge in [-0.15, -0.1) is 0 Å². The minimum atomic E-state index is -0.890. The van der Waals surface area contributed by atoms with E-state index in [4.69, 9.17) is 4.74 Å². The Morgan fingerprint density at radius 1 is 1.03 bits per heavy atom. The van der Waals surface area contributed by atoms with Crippen LogP contribution >= 0.6 is 21.6 Å². The standard InChI is InChI=1S/C29H39NO3S2/c1-23(30(3)4)21-29(24-13-7-5-8-14-24,25-15-9-6-10-16-25)26(31)22-33-27(32)17-11-12-18-28(2)19-20-34-35-28/h5-10,13-16,23H,11-12,17-22H2,1-4H3/t23?,28-/m1/s1. The van der Waals surface area contributed by atoms with Crippen molar-refractivity contribution in [3.8, 4) is 0 Å². The summed E-state index contributed by atoms with van der Waals surface area (Å²) in [6.45, 7) is 4.23. The highest BCUT2D eigenvalue weighted by molar-refractivity contribution is 8.77. The molecule has 4 nitrogen and oxygen atoms in total. The molecule has 0 bridgehead atoms. The van der Waals surface area contributed by atoms with Gasteiger partial charge >= 0.3 is 5.97 Å². The second kappa shape index (κ2) is 13.0. The van der Waals surface area contributed by atoms with Crippen molar-refractivity contribution >= 4 is 33.3 Å². The molecule has 1 unspecified atom stereocenters. The lowest BCUT2D eigenvalue weighted by molar-refractivity contribution is -0.149. The van der Waals surface area contributed by atoms with Crippen molar-refractivity contribution in [3.05, 3.63) is 71.8 Å². The van der Waals surface area contributed by atoms with Crippen molar-refractivity contribution < 1.29 is 14.3 Å². The molecule has 190 valence electrons. The van der Waals surface area contributed by atoms with Gasteiger partial charge in [-0.2, -0.15) is 0 Å². The highest BCUT2D eigenvalue weighted by atomic mass is 33.1. The number of hydrogen-bond donors (Lipinski definition) is 0. The normalized spacial score (nSPS) is 19.0. The molecule has 1 saturated heterocycles. The smallest absolute Gasteiger partial charge is 0.306 e. The molecule has 35 heavy (non-hydrogen) atoms. The Kier molecular flexibility index (Phi) is 10.3. The molecule has 0 aromatic heterocycles. The lowest BCUT2D eigenvalue weighted by atomic mass is 9.67. The van der Waals surface area contributed by atoms with Crippen molar-refractivity contribution in [1.82, 2.24) is 4.90 Å². The van der Waals surface area contributed by atoms with E-state index in [1.165, 1.54) is 12.2 Å². The van der Waals surface area contributed by atoms with Gasteiger partial charge in [0.25, 0.3) is 0 Å². The zero-order chi connectivity index (χ0) is 25.3. The van der Waals surface area contributed by atoms with Crippen molar-refractivity contribution in [3.63, 3.8) is 0 Å². The van der Waals surface area contributed by atoms with E-state index in [-0.39, 0.29) is 24.4 Å². The predicted octanol–water partition coefficient (Wildman–Crippen LogP) is 6.53. The van der Waals surface area contributed by atoms with Gasteiger partial charge in [-0.05, 0) is 64.8 Å². The third kappa shape index (κ3) is 7.37. The lowest BCUT2D eigenvalue weighted by Crippen LogP contribution is -2.45. The average Bonchev–Trinajstić information content (AvgIpc) is 3.31. The SMILES string of the molecule is CC(CC(C(=O)COC(=O)CCCC[C@]1(C)CCSS1)(c1ccccc1)c1ccccc1)N(C)C. The summed E-state index contributed by atoms with van der Waals surface area (Å²) < 4.78 is 5.91. The van der Waals surface area contributed by atoms with Gasteiger partial charge < -0.3 is 9.64 Å². The van der Waals surface area contributed by atoms with Gasteiger partial charge in [0.1, 0.15) is 0 Å². The topological polar surface area (TPSA) is 46.6 Å². The summed E-state index contributed by atoms with van der Waals surface area (Å²) in [6, 6.07) is 20.0. The van der Waals surface area contributed by atoms with Gasteiger partial charge in [0.05, 0.1) is 5.41 Å². The predicted molar refractivity (Wildman–Crippen MR) is 149 cm³/mol. The summed E-state index contributed by atoms with van der Waals surface area (Å²) in [5.74, 6) is 0.846. The number of benzene rings is 2. The Morgan fingerprint density at radius 3 is 2.14 bits per heavy atom. The third-order valence-corrected chi connectivity index (χ3v) is 10.5. The van der Waals surface area contributed by atoms with Crippen LogP contribution in [0.5, 0.6) is 0 Å². The van der Waals surface area contributed by atoms with Crippen LogP contribution in [0.25, 0.3) is 0 Å². The van der Waals surface area contributed by atoms with Gasteiger partial charge in [-0.3, -0.25) is 9.59 Å². The third-order valence-electron chi connectivity index (χ3n) is 7.17. The quantitative estimate of drug-likeness (QED) is 0.172. The van der Waals surface area contributed by atoms with E-state index in [0.717, 1.165) is 30.4 Å². The number of carbonyl (C=O) groups is 2. The number of ether oxygens (including phenoxy) is 1. The Morgan fingerprint density at radius 2 is 1.63 bits per heavy atom. The van der Waals surface area contributed by atoms with Gasteiger partial charge in [-0.1, -0.05) is 88.7 Å². The molecular weight excluding hydrogens is 474 g/mol. The number of nitrogens with zero attached hydrogens (tertiary/aromatic N) is 1. The molecular formula is C29H39NO3S2. The van der Waals surface area contributed by atoms with Crippen molar-refractivity contribution in [2.75, 3.05) is 26.5 Å². The number of Topliss-reactive ketones (excluding diaryl/α,β-unsaturated/α-hetero) is 1. The van der Waals surface area contributed by atoms with Gasteiger partial charge in [0, 0.05) is 23.0 Å². The van der Waals surface area contributed by atoms with E-state index >= 15 is 0 Å². The molecule has 6 heteroatoms. The van der Waals surface area contributed by atoms with Crippen molar-refractivity contribution in [2.24, 2.45) is 0 Å². The maximum Gasteiger partial charge on any atom is 0.306 e. The van der Waals surface area contributed by atoms with Crippen molar-refractivity contribution in [2.45, 2.75) is 68.6 Å². The first-order valence-electron chi connectivity index (χ1n) is 12.5. The van der Waals surface area contributed by atoms with E-state index in [9.17, 15) is 9.59 Å². The van der Waals surface area contributed by atoms with Crippen LogP contribution in [0.15, 0.2) is 60.7 Å². The van der Waals surface area contributed by atoms with Crippen LogP contribution in [0.4, 0.5) is 0 Å². The summed E-state index contributed by atoms with van der Waals surface area (Å²) >= 11 is 0. The minimum Gasteiger partial charge on any atom is -0.458 e. The number of carbonyl (C=O) groups excluding carboxylic acids is 2. The minimum absolute atomic E-state index is 0.0798. The lowest BCUT2D eigenvalue weighted by Gasteiger charge is -2.37. The summed E-state index contributed by atoms with van der Waals surface area (Å²) in [7, 11) is 7.97. The van der Waals surface area contributed by atoms with Crippen LogP contribution in [0.3, 0.4) is 0 Å². The first kappa shape index (κ1) is 27.8. The molecule has 2 atom stereocenters. The number of ketones is 1. The number of unbranched alkanes of at least 4 members (excludes halogenated alkanes) is 1. The molecule has 0 spiro atoms. The number of rotatable bonds is 13. The summed E-state index contributed by atoms with van der Waals surface area (Å²) in [6.07, 6.45) is 5.11. The molecule has 0 amide bonds. The van der Waals surface area contributed by atoms with Gasteiger partial charge in [-0.25, -0.2) is 0 Å². The molecule has 1 fully saturated rings. The zero-order valence-electron chi connectivity index (χ0n) is 21.5. The van der Waals surface area contributed by atoms with Gasteiger partial charge in [0.2, 0.25) is 0 Å². The molecule has 0 saturated carbocycles. The van der Waals surface area contributed by atoms with Crippen LogP contribution in [0, 0.1) is 0 Å². The Hall–Kier alpha value is -1.76. The second-order valence-electron chi connectivity index (χ2n) is 10.1. The van der Waals surface area contributed by atoms with Crippen LogP contribution < -0.4 is 0 Å². The molecule has 2 aromatic rings. The first-order chi connectivity index (χ1) is 16.8. The van der Waals surface area contributed by atoms with E-state index in [2.05, 4.69) is 18.7 Å². The Labute approximate surface area is 219 Å². The molecule has 1 aliphatic heterocycles. The zero-order valence-corrected chi connectivity index (χ0v) is 23.1. The fraction of sp³-hybridized carbons (Fsp3) is 0.517. The molecule has 0 aliphatic carbocycles. The van der Waals surface area contributed by atoms with E-state index in [1.54, 1.807) is 0 Å². The average molecular weight is 514 g/mol. The van der Waals surface area contributed by atoms with Gasteiger partial charge in [0.15, 0.2) is 12.4 Å². The summed E-state index contributed by atoms with van der Waals surface area (Å²) in [5, 5.41) is 0. The molecule has 1 aliphatic rings. The van der Waals surface area contributed by atoms with Crippen LogP contribution in [-0.2, 0) is 19.7 Å². The molecule has 0 radical (unpaired) electrons. The highest BCUT2D eigenvalue weighted by Gasteiger charge is 2.43. The maximum atomic E-state index is 14.0. The molecule has 2 aromatic carbocycles. The molecule has 1 heterocycles. The number of hydrogen-bond acceptors (Lipinski definition) is 6.